The van der Waals surface area contributed by atoms with Crippen LogP contribution in [-0.2, 0) is 25.7 Å². The molecule has 6 aliphatic heterocycles. The second-order valence-electron chi connectivity index (χ2n) is 36.3. The van der Waals surface area contributed by atoms with Crippen molar-refractivity contribution in [3.8, 4) is 28.7 Å². The first kappa shape index (κ1) is 91.9. The minimum Gasteiger partial charge on any atom is -0.493 e. The van der Waals surface area contributed by atoms with Crippen LogP contribution in [0, 0.1) is 17.3 Å². The normalized spacial score (nSPS) is 15.8. The Labute approximate surface area is 734 Å². The van der Waals surface area contributed by atoms with Gasteiger partial charge in [0, 0.05) is 69.8 Å². The van der Waals surface area contributed by atoms with Gasteiger partial charge in [-0.1, -0.05) is 279 Å². The van der Waals surface area contributed by atoms with Crippen LogP contribution in [0.5, 0.6) is 28.7 Å². The maximum atomic E-state index is 6.28. The Bertz CT molecular complexity index is 4810. The molecule has 19 rings (SSSR count). The van der Waals surface area contributed by atoms with Crippen molar-refractivity contribution in [1.29, 1.82) is 0 Å². The van der Waals surface area contributed by atoms with Gasteiger partial charge >= 0.3 is 0 Å². The summed E-state index contributed by atoms with van der Waals surface area (Å²) in [5.74, 6) is 10.4. The minimum atomic E-state index is 0.441. The van der Waals surface area contributed by atoms with Crippen molar-refractivity contribution in [3.05, 3.63) is 256 Å². The van der Waals surface area contributed by atoms with Gasteiger partial charge in [0.1, 0.15) is 42.0 Å². The molecule has 0 saturated heterocycles. The number of nitrogens with zero attached hydrogens (tertiary/aromatic N) is 2. The van der Waals surface area contributed by atoms with Crippen LogP contribution in [0.25, 0.3) is 32.4 Å². The van der Waals surface area contributed by atoms with Crippen LogP contribution in [-0.4, -0.2) is 57.7 Å². The predicted molar refractivity (Wildman–Crippen MR) is 512 cm³/mol. The summed E-state index contributed by atoms with van der Waals surface area (Å²) in [6.45, 7) is 47.0. The highest BCUT2D eigenvalue weighted by Gasteiger charge is 2.42. The number of aromatic nitrogens is 1. The average Bonchev–Trinajstić information content (AvgIpc) is 1.74. The van der Waals surface area contributed by atoms with Gasteiger partial charge in [0.25, 0.3) is 0 Å². The van der Waals surface area contributed by atoms with Crippen molar-refractivity contribution >= 4 is 90.2 Å². The van der Waals surface area contributed by atoms with Crippen molar-refractivity contribution < 1.29 is 23.7 Å². The van der Waals surface area contributed by atoms with E-state index >= 15 is 0 Å². The highest BCUT2D eigenvalue weighted by molar-refractivity contribution is 6.35. The lowest BCUT2D eigenvalue weighted by atomic mass is 9.83. The van der Waals surface area contributed by atoms with E-state index in [9.17, 15) is 0 Å². The van der Waals surface area contributed by atoms with Crippen molar-refractivity contribution in [2.45, 2.75) is 256 Å². The molecule has 119 heavy (non-hydrogen) atoms. The Morgan fingerprint density at radius 1 is 0.387 bits per heavy atom. The number of ether oxygens (including phenoxy) is 5. The van der Waals surface area contributed by atoms with E-state index in [1.807, 2.05) is 42.6 Å². The molecule has 1 aromatic heterocycles. The van der Waals surface area contributed by atoms with Crippen LogP contribution in [0.15, 0.2) is 175 Å². The van der Waals surface area contributed by atoms with Gasteiger partial charge in [0.15, 0.2) is 0 Å². The molecule has 12 heteroatoms. The number of pyridine rings is 1. The number of rotatable bonds is 9. The molecular weight excluding hydrogens is 1550 g/mol. The Kier molecular flexibility index (Phi) is 33.4. The Hall–Kier alpha value is -7.85. The van der Waals surface area contributed by atoms with E-state index in [-0.39, 0.29) is 0 Å². The lowest BCUT2D eigenvalue weighted by molar-refractivity contribution is 0.304. The molecular formula is C107H135Cl4N3O5. The summed E-state index contributed by atoms with van der Waals surface area (Å²) in [5, 5.41) is 13.0. The highest BCUT2D eigenvalue weighted by atomic mass is 35.5. The third-order valence-electron chi connectivity index (χ3n) is 24.7. The molecule has 1 spiro atoms. The third kappa shape index (κ3) is 23.9. The number of allylic oxidation sites excluding steroid dienone is 4. The van der Waals surface area contributed by atoms with E-state index < -0.39 is 0 Å². The molecule has 0 unspecified atom stereocenters. The molecule has 8 nitrogen and oxygen atoms in total. The predicted octanol–water partition coefficient (Wildman–Crippen LogP) is 31.6. The first-order chi connectivity index (χ1) is 57.1. The van der Waals surface area contributed by atoms with Gasteiger partial charge in [0.05, 0.1) is 48.3 Å². The number of anilines is 2. The number of hydrogen-bond donors (Lipinski definition) is 1. The van der Waals surface area contributed by atoms with Gasteiger partial charge < -0.3 is 33.9 Å². The number of halogens is 4. The monoisotopic (exact) mass is 1680 g/mol. The Balaban J connectivity index is 0.000000132. The molecule has 7 heterocycles. The molecule has 0 bridgehead atoms. The standard InChI is InChI=1S/2C15H16O.C14H15NO.C14H19NO.C11H14ClNO.C11H18.C9H10Cl2.C9H11Cl.C9H16/c2*1-10(2)12-6-7-14-15-11(8-9-16-14)4-3-5-13(12)15;1-9(2)11-3-4-12-13-10(6-8-16-12)5-7-15-14(11)13;1-10(2)11-5-6-13-14-12(11)4-3-7-15(14)8-9-16-13;1-7(2)8-3-4-9-11(10(8)12)13-5-6-14-9;1-9(2)10-3-5-11(6-4-10)7-8-11;1-6(2)8-4-3-7(10)5-9(8)11;1-7(2)8-3-5-9(10)6-4-8;1-8(2)9-6-4-3-5-7-9/h2*3-7,10H,8-9H2,1-2H3;3-5,7,9H,6,8H2,1-2H3;5-6,10H,3-4,7-9H2,1-2H3;3-4,7,13H,5-6H2,1-2H3;3,9H,4-8H2,1-2H3;3-6H,1-2H3;3-7H,1-2H3;6,8H,3-5,7H2,1-2H3. The fourth-order valence-electron chi connectivity index (χ4n) is 17.4. The summed E-state index contributed by atoms with van der Waals surface area (Å²) in [4.78, 5) is 7.03. The highest BCUT2D eigenvalue weighted by Crippen LogP contribution is 2.56. The van der Waals surface area contributed by atoms with Crippen molar-refractivity contribution in [3.63, 3.8) is 0 Å². The van der Waals surface area contributed by atoms with E-state index in [0.29, 0.717) is 53.1 Å². The second kappa shape index (κ2) is 43.3. The van der Waals surface area contributed by atoms with Crippen molar-refractivity contribution in [2.24, 2.45) is 17.3 Å². The molecule has 0 radical (unpaired) electrons. The summed E-state index contributed by atoms with van der Waals surface area (Å²) in [6, 6.07) is 50.2. The lowest BCUT2D eigenvalue weighted by Gasteiger charge is -2.37. The van der Waals surface area contributed by atoms with Gasteiger partial charge in [0.2, 0.25) is 0 Å². The fourth-order valence-corrected chi connectivity index (χ4v) is 18.6. The van der Waals surface area contributed by atoms with Crippen LogP contribution in [0.2, 0.25) is 20.1 Å². The lowest BCUT2D eigenvalue weighted by Crippen LogP contribution is -2.37. The molecule has 0 amide bonds. The minimum absolute atomic E-state index is 0.441. The van der Waals surface area contributed by atoms with Crippen LogP contribution in [0.4, 0.5) is 11.4 Å². The van der Waals surface area contributed by atoms with Gasteiger partial charge in [-0.15, -0.1) is 0 Å². The van der Waals surface area contributed by atoms with Crippen LogP contribution in [0.1, 0.15) is 291 Å². The summed E-state index contributed by atoms with van der Waals surface area (Å²) in [7, 11) is 0. The van der Waals surface area contributed by atoms with E-state index in [1.165, 1.54) is 160 Å². The molecule has 9 aliphatic rings. The van der Waals surface area contributed by atoms with Crippen molar-refractivity contribution in [1.82, 2.24) is 4.98 Å². The summed E-state index contributed by atoms with van der Waals surface area (Å²) in [5.41, 5.74) is 22.8. The zero-order valence-corrected chi connectivity index (χ0v) is 77.8. The first-order valence-electron chi connectivity index (χ1n) is 44.8. The SMILES string of the molecule is CC(C)C1=CCC2(CC1)CC2.CC(C)C1=CCCCC1.CC(C)c1ccc(Cl)cc1.CC(C)c1ccc(Cl)cc1Cl.CC(C)c1ccc2c(c1Cl)NCCO2.CC(C)c1ccc2c3c(cccc13)CCO2.CC(C)c1ccc2c3c(cccc13)CCO2.CC(C)c1ccc2c3c(ccnc13)CCO2.CC(C)c1ccc2c3c1CCCN3CCO2. The second-order valence-corrected chi connectivity index (χ2v) is 37.9. The fraction of sp³-hybridized carbons (Fsp3) is 0.467. The van der Waals surface area contributed by atoms with Gasteiger partial charge in [-0.25, -0.2) is 0 Å². The zero-order chi connectivity index (χ0) is 85.2. The van der Waals surface area contributed by atoms with Gasteiger partial charge in [-0.2, -0.15) is 0 Å². The van der Waals surface area contributed by atoms with Gasteiger partial charge in [-0.05, 0) is 262 Å². The number of nitrogens with one attached hydrogen (secondary N) is 1. The smallest absolute Gasteiger partial charge is 0.144 e. The number of benzene rings is 9. The topological polar surface area (TPSA) is 74.3 Å². The summed E-state index contributed by atoms with van der Waals surface area (Å²) >= 11 is 23.7. The first-order valence-corrected chi connectivity index (χ1v) is 46.3. The maximum absolute atomic E-state index is 6.28. The molecule has 9 aromatic carbocycles. The number of fused-ring (bicyclic) bond motifs is 1. The van der Waals surface area contributed by atoms with E-state index in [1.54, 1.807) is 22.8 Å². The zero-order valence-electron chi connectivity index (χ0n) is 74.8. The molecule has 1 saturated carbocycles. The van der Waals surface area contributed by atoms with E-state index in [0.717, 1.165) is 137 Å². The summed E-state index contributed by atoms with van der Waals surface area (Å²) < 4.78 is 28.4. The molecule has 10 aromatic rings. The van der Waals surface area contributed by atoms with Crippen molar-refractivity contribution in [2.75, 3.05) is 62.9 Å². The quantitative estimate of drug-likeness (QED) is 0.143. The molecule has 3 aliphatic carbocycles. The molecule has 1 N–H and O–H groups in total. The Morgan fingerprint density at radius 2 is 0.882 bits per heavy atom. The average molecular weight is 1690 g/mol. The largest absolute Gasteiger partial charge is 0.493 e. The summed E-state index contributed by atoms with van der Waals surface area (Å²) in [6.07, 6.45) is 25.2. The molecule has 0 atom stereocenters. The van der Waals surface area contributed by atoms with Crippen LogP contribution >= 0.6 is 46.4 Å². The van der Waals surface area contributed by atoms with E-state index in [2.05, 4.69) is 255 Å². The van der Waals surface area contributed by atoms with E-state index in [4.69, 9.17) is 70.1 Å². The third-order valence-corrected chi connectivity index (χ3v) is 25.9. The number of hydrogen-bond acceptors (Lipinski definition) is 8. The van der Waals surface area contributed by atoms with Crippen LogP contribution in [0.3, 0.4) is 0 Å². The maximum Gasteiger partial charge on any atom is 0.144 e. The Morgan fingerprint density at radius 3 is 1.39 bits per heavy atom. The van der Waals surface area contributed by atoms with Gasteiger partial charge in [-0.3, -0.25) is 4.98 Å². The molecule has 636 valence electrons. The van der Waals surface area contributed by atoms with Crippen LogP contribution < -0.4 is 33.9 Å². The molecule has 1 fully saturated rings.